The molecule has 0 aromatic rings. The lowest BCUT2D eigenvalue weighted by molar-refractivity contribution is -0.149. The second-order valence-corrected chi connectivity index (χ2v) is 2.87. The van der Waals surface area contributed by atoms with Gasteiger partial charge in [0.1, 0.15) is 11.7 Å². The maximum atomic E-state index is 11.1. The van der Waals surface area contributed by atoms with Crippen molar-refractivity contribution in [2.75, 3.05) is 13.7 Å². The number of esters is 1. The van der Waals surface area contributed by atoms with E-state index < -0.39 is 18.2 Å². The summed E-state index contributed by atoms with van der Waals surface area (Å²) in [6, 6.07) is 0. The third-order valence-electron chi connectivity index (χ3n) is 1.76. The third-order valence-corrected chi connectivity index (χ3v) is 1.76. The minimum Gasteiger partial charge on any atom is -0.468 e. The number of nitrogens with one attached hydrogen (secondary N) is 1. The highest BCUT2D eigenvalue weighted by Gasteiger charge is 2.23. The van der Waals surface area contributed by atoms with Crippen LogP contribution in [0.2, 0.25) is 0 Å². The van der Waals surface area contributed by atoms with Crippen molar-refractivity contribution >= 4 is 11.8 Å². The fourth-order valence-corrected chi connectivity index (χ4v) is 1.00. The Bertz CT molecular complexity index is 206. The van der Waals surface area contributed by atoms with E-state index in [-0.39, 0.29) is 18.7 Å². The first-order valence-corrected chi connectivity index (χ1v) is 4.24. The molecule has 0 aliphatic carbocycles. The Morgan fingerprint density at radius 3 is 2.50 bits per heavy atom. The number of nitrogens with two attached hydrogens (primary N) is 1. The molecule has 14 heavy (non-hydrogen) atoms. The normalized spacial score (nSPS) is 14.6. The van der Waals surface area contributed by atoms with Gasteiger partial charge in [0.2, 0.25) is 0 Å². The standard InChI is InChI=1S/C8H16N2O4/c1-5(11)6(7(12)14-2)3-4-10-8(9)13/h6,8,10,13H,3-4,9H2,1-2H3/t6-,8?/m0/s1. The van der Waals surface area contributed by atoms with Crippen LogP contribution in [-0.2, 0) is 14.3 Å². The minimum atomic E-state index is -1.14. The number of Topliss-reactive ketones (excluding diaryl/α,β-unsaturated/α-hetero) is 1. The topological polar surface area (TPSA) is 102 Å². The minimum absolute atomic E-state index is 0.259. The van der Waals surface area contributed by atoms with Gasteiger partial charge in [0.15, 0.2) is 6.35 Å². The van der Waals surface area contributed by atoms with Gasteiger partial charge in [-0.3, -0.25) is 20.6 Å². The van der Waals surface area contributed by atoms with Gasteiger partial charge in [-0.15, -0.1) is 0 Å². The summed E-state index contributed by atoms with van der Waals surface area (Å²) >= 11 is 0. The van der Waals surface area contributed by atoms with Gasteiger partial charge in [-0.05, 0) is 19.9 Å². The summed E-state index contributed by atoms with van der Waals surface area (Å²) in [4.78, 5) is 22.1. The lowest BCUT2D eigenvalue weighted by atomic mass is 10.0. The Hall–Kier alpha value is -0.980. The van der Waals surface area contributed by atoms with Crippen molar-refractivity contribution in [3.8, 4) is 0 Å². The maximum Gasteiger partial charge on any atom is 0.316 e. The second-order valence-electron chi connectivity index (χ2n) is 2.87. The van der Waals surface area contributed by atoms with Gasteiger partial charge in [0, 0.05) is 0 Å². The van der Waals surface area contributed by atoms with Gasteiger partial charge in [0.25, 0.3) is 0 Å². The predicted octanol–water partition coefficient (Wildman–Crippen LogP) is -1.42. The molecule has 0 amide bonds. The van der Waals surface area contributed by atoms with Crippen LogP contribution in [0.3, 0.4) is 0 Å². The zero-order valence-electron chi connectivity index (χ0n) is 8.32. The third kappa shape index (κ3) is 4.90. The van der Waals surface area contributed by atoms with Crippen molar-refractivity contribution in [2.45, 2.75) is 19.7 Å². The van der Waals surface area contributed by atoms with Crippen LogP contribution in [0, 0.1) is 5.92 Å². The summed E-state index contributed by atoms with van der Waals surface area (Å²) in [7, 11) is 1.23. The molecular weight excluding hydrogens is 188 g/mol. The molecule has 0 spiro atoms. The summed E-state index contributed by atoms with van der Waals surface area (Å²) in [6.07, 6.45) is -0.878. The van der Waals surface area contributed by atoms with Gasteiger partial charge in [0.05, 0.1) is 7.11 Å². The summed E-state index contributed by atoms with van der Waals surface area (Å²) < 4.78 is 4.45. The largest absolute Gasteiger partial charge is 0.468 e. The van der Waals surface area contributed by atoms with Gasteiger partial charge < -0.3 is 9.84 Å². The van der Waals surface area contributed by atoms with Crippen LogP contribution in [0.5, 0.6) is 0 Å². The van der Waals surface area contributed by atoms with E-state index in [2.05, 4.69) is 10.1 Å². The van der Waals surface area contributed by atoms with Crippen molar-refractivity contribution < 1.29 is 19.4 Å². The molecule has 6 nitrogen and oxygen atoms in total. The van der Waals surface area contributed by atoms with Gasteiger partial charge in [-0.25, -0.2) is 0 Å². The zero-order chi connectivity index (χ0) is 11.1. The molecule has 0 radical (unpaired) electrons. The average Bonchev–Trinajstić information content (AvgIpc) is 2.10. The zero-order valence-corrected chi connectivity index (χ0v) is 8.32. The van der Waals surface area contributed by atoms with Crippen LogP contribution in [0.25, 0.3) is 0 Å². The number of aliphatic hydroxyl groups is 1. The Balaban J connectivity index is 3.99. The van der Waals surface area contributed by atoms with E-state index in [9.17, 15) is 9.59 Å². The molecule has 0 saturated carbocycles. The molecule has 0 heterocycles. The molecule has 2 atom stereocenters. The molecule has 0 bridgehead atoms. The SMILES string of the molecule is COC(=O)[C@@H](CCNC(N)O)C(C)=O. The average molecular weight is 204 g/mol. The Labute approximate surface area is 82.4 Å². The second kappa shape index (κ2) is 6.47. The fourth-order valence-electron chi connectivity index (χ4n) is 1.00. The molecule has 82 valence electrons. The molecule has 0 fully saturated rings. The van der Waals surface area contributed by atoms with Crippen LogP contribution in [-0.4, -0.2) is 36.9 Å². The van der Waals surface area contributed by atoms with Crippen LogP contribution in [0.15, 0.2) is 0 Å². The molecular formula is C8H16N2O4. The first-order chi connectivity index (χ1) is 6.49. The first kappa shape index (κ1) is 13.0. The quantitative estimate of drug-likeness (QED) is 0.279. The van der Waals surface area contributed by atoms with E-state index in [1.165, 1.54) is 14.0 Å². The van der Waals surface area contributed by atoms with E-state index in [0.717, 1.165) is 0 Å². The molecule has 0 rings (SSSR count). The highest BCUT2D eigenvalue weighted by molar-refractivity contribution is 5.97. The highest BCUT2D eigenvalue weighted by Crippen LogP contribution is 2.05. The number of methoxy groups -OCH3 is 1. The predicted molar refractivity (Wildman–Crippen MR) is 49.0 cm³/mol. The van der Waals surface area contributed by atoms with Crippen molar-refractivity contribution in [2.24, 2.45) is 11.7 Å². The van der Waals surface area contributed by atoms with Crippen molar-refractivity contribution in [1.82, 2.24) is 5.32 Å². The van der Waals surface area contributed by atoms with Crippen molar-refractivity contribution in [1.29, 1.82) is 0 Å². The summed E-state index contributed by atoms with van der Waals surface area (Å²) in [6.45, 7) is 1.59. The van der Waals surface area contributed by atoms with E-state index >= 15 is 0 Å². The number of carbonyl (C=O) groups is 2. The van der Waals surface area contributed by atoms with Crippen LogP contribution in [0.1, 0.15) is 13.3 Å². The van der Waals surface area contributed by atoms with Crippen molar-refractivity contribution in [3.63, 3.8) is 0 Å². The Kier molecular flexibility index (Phi) is 6.02. The summed E-state index contributed by atoms with van der Waals surface area (Å²) in [5, 5.41) is 11.1. The van der Waals surface area contributed by atoms with E-state index in [1.54, 1.807) is 0 Å². The molecule has 6 heteroatoms. The Morgan fingerprint density at radius 1 is 1.57 bits per heavy atom. The number of ketones is 1. The number of ether oxygens (including phenoxy) is 1. The monoisotopic (exact) mass is 204 g/mol. The number of carbonyl (C=O) groups excluding carboxylic acids is 2. The van der Waals surface area contributed by atoms with Crippen LogP contribution in [0.4, 0.5) is 0 Å². The van der Waals surface area contributed by atoms with E-state index in [4.69, 9.17) is 10.8 Å². The smallest absolute Gasteiger partial charge is 0.316 e. The van der Waals surface area contributed by atoms with Crippen molar-refractivity contribution in [3.05, 3.63) is 0 Å². The highest BCUT2D eigenvalue weighted by atomic mass is 16.5. The van der Waals surface area contributed by atoms with Gasteiger partial charge >= 0.3 is 5.97 Å². The van der Waals surface area contributed by atoms with E-state index in [0.29, 0.717) is 0 Å². The molecule has 0 aliphatic rings. The van der Waals surface area contributed by atoms with Crippen LogP contribution >= 0.6 is 0 Å². The van der Waals surface area contributed by atoms with Crippen LogP contribution < -0.4 is 11.1 Å². The summed E-state index contributed by atoms with van der Waals surface area (Å²) in [5.41, 5.74) is 5.01. The maximum absolute atomic E-state index is 11.1. The molecule has 0 saturated heterocycles. The number of hydrogen-bond donors (Lipinski definition) is 3. The fraction of sp³-hybridized carbons (Fsp3) is 0.750. The first-order valence-electron chi connectivity index (χ1n) is 4.24. The Morgan fingerprint density at radius 2 is 2.14 bits per heavy atom. The lowest BCUT2D eigenvalue weighted by Gasteiger charge is -2.12. The molecule has 4 N–H and O–H groups in total. The van der Waals surface area contributed by atoms with E-state index in [1.807, 2.05) is 0 Å². The lowest BCUT2D eigenvalue weighted by Crippen LogP contribution is -2.39. The van der Waals surface area contributed by atoms with Gasteiger partial charge in [-0.1, -0.05) is 0 Å². The molecule has 1 unspecified atom stereocenters. The number of aliphatic hydroxyl groups excluding tert-OH is 1. The van der Waals surface area contributed by atoms with Gasteiger partial charge in [-0.2, -0.15) is 0 Å². The molecule has 0 aromatic carbocycles. The number of rotatable bonds is 6. The number of hydrogen-bond acceptors (Lipinski definition) is 6. The molecule has 0 aliphatic heterocycles. The summed E-state index contributed by atoms with van der Waals surface area (Å²) in [5.74, 6) is -1.61. The molecule has 0 aromatic heterocycles.